The van der Waals surface area contributed by atoms with E-state index in [2.05, 4.69) is 0 Å². The minimum Gasteiger partial charge on any atom is -0.193 e. The van der Waals surface area contributed by atoms with Gasteiger partial charge in [-0.15, -0.1) is 22.7 Å². The number of hydrogen-bond acceptors (Lipinski definition) is 2. The van der Waals surface area contributed by atoms with Gasteiger partial charge in [0.25, 0.3) is 0 Å². The SMILES string of the molecule is Cc1ccc(-c2ccc(C(F)(F)C(F)(F)C(F)(F)C(F)(F)C(F)(F)C(F)(F)F)s2)s1. The lowest BCUT2D eigenvalue weighted by molar-refractivity contribution is -0.441. The molecule has 0 aromatic carbocycles. The second-order valence-electron chi connectivity index (χ2n) is 5.94. The number of halogens is 13. The zero-order valence-electron chi connectivity index (χ0n) is 14.0. The monoisotopic (exact) mass is 498 g/mol. The van der Waals surface area contributed by atoms with Gasteiger partial charge in [0.05, 0.1) is 4.88 Å². The molecule has 0 fully saturated rings. The molecule has 2 heterocycles. The van der Waals surface area contributed by atoms with Crippen LogP contribution in [0, 0.1) is 6.92 Å². The van der Waals surface area contributed by atoms with Gasteiger partial charge in [-0.1, -0.05) is 0 Å². The maximum atomic E-state index is 14.1. The zero-order chi connectivity index (χ0) is 23.6. The predicted molar refractivity (Wildman–Crippen MR) is 82.1 cm³/mol. The van der Waals surface area contributed by atoms with Crippen LogP contribution < -0.4 is 0 Å². The molecule has 0 spiro atoms. The third-order valence-corrected chi connectivity index (χ3v) is 6.18. The summed E-state index contributed by atoms with van der Waals surface area (Å²) in [5, 5.41) is 0. The summed E-state index contributed by atoms with van der Waals surface area (Å²) in [6.45, 7) is 1.58. The van der Waals surface area contributed by atoms with Crippen LogP contribution in [0.4, 0.5) is 57.1 Å². The minimum atomic E-state index is -7.89. The molecule has 0 radical (unpaired) electrons. The van der Waals surface area contributed by atoms with Crippen LogP contribution in [0.15, 0.2) is 24.3 Å². The van der Waals surface area contributed by atoms with E-state index < -0.39 is 40.7 Å². The molecular formula is C15H7F13S2. The van der Waals surface area contributed by atoms with Crippen molar-refractivity contribution in [3.8, 4) is 9.75 Å². The Morgan fingerprint density at radius 2 is 0.967 bits per heavy atom. The van der Waals surface area contributed by atoms with Gasteiger partial charge in [0.15, 0.2) is 0 Å². The van der Waals surface area contributed by atoms with Crippen LogP contribution in [-0.4, -0.2) is 29.9 Å². The summed E-state index contributed by atoms with van der Waals surface area (Å²) in [6.07, 6.45) is -7.42. The predicted octanol–water partition coefficient (Wildman–Crippen LogP) is 7.98. The molecule has 2 aromatic rings. The number of hydrogen-bond donors (Lipinski definition) is 0. The highest BCUT2D eigenvalue weighted by atomic mass is 32.1. The van der Waals surface area contributed by atoms with E-state index in [1.54, 1.807) is 6.92 Å². The van der Waals surface area contributed by atoms with Crippen molar-refractivity contribution < 1.29 is 57.1 Å². The molecule has 0 nitrogen and oxygen atoms in total. The average Bonchev–Trinajstić information content (AvgIpc) is 3.22. The molecule has 0 saturated carbocycles. The summed E-state index contributed by atoms with van der Waals surface area (Å²) in [5.41, 5.74) is 0. The van der Waals surface area contributed by atoms with Gasteiger partial charge in [0.2, 0.25) is 0 Å². The maximum absolute atomic E-state index is 14.1. The Morgan fingerprint density at radius 3 is 1.40 bits per heavy atom. The van der Waals surface area contributed by atoms with Gasteiger partial charge >= 0.3 is 35.8 Å². The minimum absolute atomic E-state index is 0.166. The Kier molecular flexibility index (Phi) is 5.78. The second kappa shape index (κ2) is 7.00. The lowest BCUT2D eigenvalue weighted by Crippen LogP contribution is -2.69. The van der Waals surface area contributed by atoms with Crippen LogP contribution >= 0.6 is 22.7 Å². The van der Waals surface area contributed by atoms with Crippen LogP contribution in [0.5, 0.6) is 0 Å². The van der Waals surface area contributed by atoms with Crippen LogP contribution in [0.2, 0.25) is 0 Å². The molecule has 2 aromatic heterocycles. The van der Waals surface area contributed by atoms with Gasteiger partial charge in [-0.2, -0.15) is 57.1 Å². The van der Waals surface area contributed by atoms with Crippen molar-refractivity contribution >= 4 is 22.7 Å². The number of rotatable bonds is 6. The van der Waals surface area contributed by atoms with Crippen molar-refractivity contribution in [3.05, 3.63) is 34.0 Å². The first-order valence-electron chi connectivity index (χ1n) is 7.34. The molecule has 0 N–H and O–H groups in total. The topological polar surface area (TPSA) is 0 Å². The van der Waals surface area contributed by atoms with Gasteiger partial charge in [-0.25, -0.2) is 0 Å². The summed E-state index contributed by atoms with van der Waals surface area (Å²) < 4.78 is 171. The summed E-state index contributed by atoms with van der Waals surface area (Å²) in [4.78, 5) is -1.25. The van der Waals surface area contributed by atoms with Crippen molar-refractivity contribution in [1.29, 1.82) is 0 Å². The molecule has 0 atom stereocenters. The Balaban J connectivity index is 2.53. The second-order valence-corrected chi connectivity index (χ2v) is 8.32. The highest BCUT2D eigenvalue weighted by Gasteiger charge is 2.91. The quantitative estimate of drug-likeness (QED) is 0.355. The van der Waals surface area contributed by atoms with E-state index in [0.29, 0.717) is 4.88 Å². The Morgan fingerprint density at radius 1 is 0.533 bits per heavy atom. The van der Waals surface area contributed by atoms with E-state index in [-0.39, 0.29) is 27.2 Å². The van der Waals surface area contributed by atoms with Crippen molar-refractivity contribution in [1.82, 2.24) is 0 Å². The fraction of sp³-hybridized carbons (Fsp3) is 0.467. The molecule has 0 amide bonds. The summed E-state index contributed by atoms with van der Waals surface area (Å²) in [5.74, 6) is -36.9. The van der Waals surface area contributed by atoms with Crippen molar-refractivity contribution in [2.45, 2.75) is 42.7 Å². The van der Waals surface area contributed by atoms with E-state index in [1.165, 1.54) is 12.1 Å². The van der Waals surface area contributed by atoms with Crippen LogP contribution in [-0.2, 0) is 5.92 Å². The first-order valence-corrected chi connectivity index (χ1v) is 8.98. The summed E-state index contributed by atoms with van der Waals surface area (Å²) in [6, 6.07) is 3.76. The molecule has 2 rings (SSSR count). The smallest absolute Gasteiger partial charge is 0.193 e. The van der Waals surface area contributed by atoms with E-state index in [1.807, 2.05) is 0 Å². The molecule has 30 heavy (non-hydrogen) atoms. The van der Waals surface area contributed by atoms with Crippen LogP contribution in [0.1, 0.15) is 9.75 Å². The highest BCUT2D eigenvalue weighted by Crippen LogP contribution is 2.62. The molecular weight excluding hydrogens is 491 g/mol. The standard InChI is InChI=1S/C15H7F13S2/c1-6-2-3-7(29-6)8-4-5-9(30-8)10(16,17)11(18,19)12(20,21)13(22,23)14(24,25)15(26,27)28/h2-5H,1H3. The van der Waals surface area contributed by atoms with Gasteiger partial charge in [-0.3, -0.25) is 0 Å². The maximum Gasteiger partial charge on any atom is 0.460 e. The van der Waals surface area contributed by atoms with Gasteiger partial charge < -0.3 is 0 Å². The molecule has 15 heteroatoms. The highest BCUT2D eigenvalue weighted by molar-refractivity contribution is 7.22. The third kappa shape index (κ3) is 3.37. The molecule has 170 valence electrons. The fourth-order valence-corrected chi connectivity index (χ4v) is 4.10. The van der Waals surface area contributed by atoms with Gasteiger partial charge in [-0.05, 0) is 31.2 Å². The van der Waals surface area contributed by atoms with E-state index in [0.717, 1.165) is 17.4 Å². The van der Waals surface area contributed by atoms with Crippen molar-refractivity contribution in [3.63, 3.8) is 0 Å². The van der Waals surface area contributed by atoms with Crippen LogP contribution in [0.3, 0.4) is 0 Å². The molecule has 0 bridgehead atoms. The van der Waals surface area contributed by atoms with Gasteiger partial charge in [0.1, 0.15) is 0 Å². The number of thiophene rings is 2. The number of alkyl halides is 13. The first kappa shape index (κ1) is 24.8. The largest absolute Gasteiger partial charge is 0.460 e. The molecule has 0 aliphatic carbocycles. The molecule has 0 unspecified atom stereocenters. The Labute approximate surface area is 166 Å². The van der Waals surface area contributed by atoms with Gasteiger partial charge in [0, 0.05) is 14.6 Å². The van der Waals surface area contributed by atoms with E-state index in [9.17, 15) is 57.1 Å². The normalized spacial score (nSPS) is 15.0. The molecule has 0 aliphatic heterocycles. The third-order valence-electron chi connectivity index (χ3n) is 3.83. The van der Waals surface area contributed by atoms with Crippen LogP contribution in [0.25, 0.3) is 9.75 Å². The summed E-state index contributed by atoms with van der Waals surface area (Å²) in [7, 11) is 0. The zero-order valence-corrected chi connectivity index (χ0v) is 15.7. The first-order chi connectivity index (χ1) is 13.2. The number of aryl methyl sites for hydroxylation is 1. The van der Waals surface area contributed by atoms with Crippen molar-refractivity contribution in [2.75, 3.05) is 0 Å². The molecule has 0 saturated heterocycles. The fourth-order valence-electron chi connectivity index (χ4n) is 2.13. The molecule has 0 aliphatic rings. The Hall–Kier alpha value is -1.51. The van der Waals surface area contributed by atoms with E-state index >= 15 is 0 Å². The lowest BCUT2D eigenvalue weighted by atomic mass is 9.93. The van der Waals surface area contributed by atoms with Crippen molar-refractivity contribution in [2.24, 2.45) is 0 Å². The van der Waals surface area contributed by atoms with E-state index in [4.69, 9.17) is 0 Å². The lowest BCUT2D eigenvalue weighted by Gasteiger charge is -2.39. The average molecular weight is 498 g/mol. The summed E-state index contributed by atoms with van der Waals surface area (Å²) >= 11 is 0.739. The Bertz CT molecular complexity index is 904.